The van der Waals surface area contributed by atoms with Gasteiger partial charge in [-0.05, 0) is 37.8 Å². The second kappa shape index (κ2) is 5.68. The van der Waals surface area contributed by atoms with Gasteiger partial charge in [0, 0.05) is 11.7 Å². The number of hydrogen-bond donors (Lipinski definition) is 2. The summed E-state index contributed by atoms with van der Waals surface area (Å²) in [6.07, 6.45) is 3.23. The Morgan fingerprint density at radius 3 is 2.47 bits per heavy atom. The number of carbonyl (C=O) groups excluding carboxylic acids is 1. The maximum Gasteiger partial charge on any atom is 0.411 e. The highest BCUT2D eigenvalue weighted by Crippen LogP contribution is 2.20. The van der Waals surface area contributed by atoms with Gasteiger partial charge in [0.1, 0.15) is 6.10 Å². The highest BCUT2D eigenvalue weighted by Gasteiger charge is 2.21. The monoisotopic (exact) mass is 234 g/mol. The van der Waals surface area contributed by atoms with Crippen molar-refractivity contribution in [3.63, 3.8) is 0 Å². The van der Waals surface area contributed by atoms with Gasteiger partial charge < -0.3 is 10.5 Å². The summed E-state index contributed by atoms with van der Waals surface area (Å²) in [5.74, 6) is 0. The van der Waals surface area contributed by atoms with Crippen LogP contribution in [0.3, 0.4) is 0 Å². The van der Waals surface area contributed by atoms with Crippen LogP contribution >= 0.6 is 0 Å². The summed E-state index contributed by atoms with van der Waals surface area (Å²) in [6.45, 7) is 0. The summed E-state index contributed by atoms with van der Waals surface area (Å²) in [5.41, 5.74) is 6.55. The molecule has 92 valence electrons. The van der Waals surface area contributed by atoms with Crippen LogP contribution in [0.15, 0.2) is 30.3 Å². The van der Waals surface area contributed by atoms with E-state index in [4.69, 9.17) is 10.5 Å². The fraction of sp³-hybridized carbons (Fsp3) is 0.462. The van der Waals surface area contributed by atoms with E-state index in [1.54, 1.807) is 0 Å². The third kappa shape index (κ3) is 3.75. The Bertz CT molecular complexity index is 359. The molecule has 1 aliphatic carbocycles. The van der Waals surface area contributed by atoms with Crippen LogP contribution in [0.5, 0.6) is 0 Å². The Balaban J connectivity index is 1.78. The number of nitrogens with two attached hydrogens (primary N) is 1. The van der Waals surface area contributed by atoms with Crippen molar-refractivity contribution in [1.29, 1.82) is 0 Å². The van der Waals surface area contributed by atoms with E-state index < -0.39 is 0 Å². The first-order chi connectivity index (χ1) is 8.24. The molecule has 0 radical (unpaired) electrons. The van der Waals surface area contributed by atoms with Crippen molar-refractivity contribution in [3.05, 3.63) is 30.3 Å². The number of para-hydroxylation sites is 1. The summed E-state index contributed by atoms with van der Waals surface area (Å²) in [6, 6.07) is 9.58. The first-order valence-electron chi connectivity index (χ1n) is 6.02. The first kappa shape index (κ1) is 11.9. The molecule has 0 unspecified atom stereocenters. The zero-order valence-electron chi connectivity index (χ0n) is 9.76. The van der Waals surface area contributed by atoms with Crippen molar-refractivity contribution < 1.29 is 9.53 Å². The number of anilines is 1. The number of hydrogen-bond acceptors (Lipinski definition) is 3. The highest BCUT2D eigenvalue weighted by molar-refractivity contribution is 5.84. The van der Waals surface area contributed by atoms with E-state index >= 15 is 0 Å². The van der Waals surface area contributed by atoms with E-state index in [0.29, 0.717) is 0 Å². The predicted octanol–water partition coefficient (Wildman–Crippen LogP) is 2.51. The second-order valence-electron chi connectivity index (χ2n) is 4.43. The van der Waals surface area contributed by atoms with Crippen molar-refractivity contribution in [2.75, 3.05) is 5.32 Å². The van der Waals surface area contributed by atoms with Gasteiger partial charge in [-0.3, -0.25) is 5.32 Å². The Labute approximate surface area is 101 Å². The van der Waals surface area contributed by atoms with E-state index in [2.05, 4.69) is 5.32 Å². The summed E-state index contributed by atoms with van der Waals surface area (Å²) in [4.78, 5) is 11.6. The Hall–Kier alpha value is -1.55. The van der Waals surface area contributed by atoms with Crippen LogP contribution in [0.1, 0.15) is 25.7 Å². The zero-order chi connectivity index (χ0) is 12.1. The molecular weight excluding hydrogens is 216 g/mol. The standard InChI is InChI=1S/C13H18N2O2/c14-10-6-8-12(9-7-10)17-13(16)15-11-4-2-1-3-5-11/h1-5,10,12H,6-9,14H2,(H,15,16). The normalized spacial score (nSPS) is 24.1. The van der Waals surface area contributed by atoms with Crippen LogP contribution in [0.4, 0.5) is 10.5 Å². The number of benzene rings is 1. The van der Waals surface area contributed by atoms with Gasteiger partial charge in [-0.1, -0.05) is 18.2 Å². The molecule has 0 saturated heterocycles. The van der Waals surface area contributed by atoms with Crippen LogP contribution in [0, 0.1) is 0 Å². The van der Waals surface area contributed by atoms with Crippen LogP contribution < -0.4 is 11.1 Å². The molecule has 1 aromatic rings. The minimum Gasteiger partial charge on any atom is -0.446 e. The average molecular weight is 234 g/mol. The molecule has 0 aromatic heterocycles. The van der Waals surface area contributed by atoms with Crippen LogP contribution in [0.25, 0.3) is 0 Å². The minimum absolute atomic E-state index is 0.0125. The maximum atomic E-state index is 11.6. The van der Waals surface area contributed by atoms with E-state index in [9.17, 15) is 4.79 Å². The first-order valence-corrected chi connectivity index (χ1v) is 6.02. The molecular formula is C13H18N2O2. The smallest absolute Gasteiger partial charge is 0.411 e. The fourth-order valence-electron chi connectivity index (χ4n) is 2.03. The number of nitrogens with one attached hydrogen (secondary N) is 1. The molecule has 2 rings (SSSR count). The summed E-state index contributed by atoms with van der Waals surface area (Å²) in [5, 5.41) is 2.71. The second-order valence-corrected chi connectivity index (χ2v) is 4.43. The molecule has 1 aromatic carbocycles. The zero-order valence-corrected chi connectivity index (χ0v) is 9.76. The number of rotatable bonds is 2. The van der Waals surface area contributed by atoms with E-state index in [1.807, 2.05) is 30.3 Å². The number of amides is 1. The van der Waals surface area contributed by atoms with Gasteiger partial charge in [0.2, 0.25) is 0 Å². The predicted molar refractivity (Wildman–Crippen MR) is 66.8 cm³/mol. The fourth-order valence-corrected chi connectivity index (χ4v) is 2.03. The lowest BCUT2D eigenvalue weighted by Crippen LogP contribution is -2.32. The maximum absolute atomic E-state index is 11.6. The molecule has 4 nitrogen and oxygen atoms in total. The molecule has 1 aliphatic rings. The lowest BCUT2D eigenvalue weighted by atomic mass is 9.94. The summed E-state index contributed by atoms with van der Waals surface area (Å²) >= 11 is 0. The van der Waals surface area contributed by atoms with Gasteiger partial charge in [0.25, 0.3) is 0 Å². The van der Waals surface area contributed by atoms with Crippen molar-refractivity contribution in [3.8, 4) is 0 Å². The Morgan fingerprint density at radius 2 is 1.82 bits per heavy atom. The van der Waals surface area contributed by atoms with Gasteiger partial charge in [0.15, 0.2) is 0 Å². The molecule has 1 fully saturated rings. The van der Waals surface area contributed by atoms with Crippen LogP contribution in [-0.4, -0.2) is 18.2 Å². The van der Waals surface area contributed by atoms with Crippen molar-refractivity contribution in [2.24, 2.45) is 5.73 Å². The van der Waals surface area contributed by atoms with Crippen molar-refractivity contribution in [1.82, 2.24) is 0 Å². The Kier molecular flexibility index (Phi) is 3.98. The quantitative estimate of drug-likeness (QED) is 0.826. The molecule has 0 bridgehead atoms. The van der Waals surface area contributed by atoms with Gasteiger partial charge in [-0.15, -0.1) is 0 Å². The molecule has 1 amide bonds. The average Bonchev–Trinajstić information content (AvgIpc) is 2.33. The van der Waals surface area contributed by atoms with Crippen molar-refractivity contribution >= 4 is 11.8 Å². The van der Waals surface area contributed by atoms with Crippen molar-refractivity contribution in [2.45, 2.75) is 37.8 Å². The lowest BCUT2D eigenvalue weighted by Gasteiger charge is -2.25. The van der Waals surface area contributed by atoms with Crippen LogP contribution in [0.2, 0.25) is 0 Å². The molecule has 0 heterocycles. The number of carbonyl (C=O) groups is 1. The Morgan fingerprint density at radius 1 is 1.18 bits per heavy atom. The SMILES string of the molecule is NC1CCC(OC(=O)Nc2ccccc2)CC1. The third-order valence-electron chi connectivity index (χ3n) is 3.01. The molecule has 1 saturated carbocycles. The summed E-state index contributed by atoms with van der Waals surface area (Å²) in [7, 11) is 0. The van der Waals surface area contributed by atoms with E-state index in [0.717, 1.165) is 31.4 Å². The van der Waals surface area contributed by atoms with Gasteiger partial charge in [0.05, 0.1) is 0 Å². The van der Waals surface area contributed by atoms with Gasteiger partial charge in [-0.2, -0.15) is 0 Å². The third-order valence-corrected chi connectivity index (χ3v) is 3.01. The molecule has 0 aliphatic heterocycles. The molecule has 3 N–H and O–H groups in total. The van der Waals surface area contributed by atoms with Gasteiger partial charge in [-0.25, -0.2) is 4.79 Å². The summed E-state index contributed by atoms with van der Waals surface area (Å²) < 4.78 is 5.34. The minimum atomic E-state index is -0.378. The molecule has 17 heavy (non-hydrogen) atoms. The van der Waals surface area contributed by atoms with Crippen LogP contribution in [-0.2, 0) is 4.74 Å². The molecule has 0 spiro atoms. The molecule has 4 heteroatoms. The largest absolute Gasteiger partial charge is 0.446 e. The topological polar surface area (TPSA) is 64.3 Å². The lowest BCUT2D eigenvalue weighted by molar-refractivity contribution is 0.0826. The van der Waals surface area contributed by atoms with Gasteiger partial charge >= 0.3 is 6.09 Å². The molecule has 0 atom stereocenters. The number of ether oxygens (including phenoxy) is 1. The van der Waals surface area contributed by atoms with E-state index in [1.165, 1.54) is 0 Å². The van der Waals surface area contributed by atoms with E-state index in [-0.39, 0.29) is 18.2 Å². The highest BCUT2D eigenvalue weighted by atomic mass is 16.6.